The highest BCUT2D eigenvalue weighted by Crippen LogP contribution is 2.35. The van der Waals surface area contributed by atoms with Crippen LogP contribution < -0.4 is 5.32 Å². The zero-order valence-corrected chi connectivity index (χ0v) is 19.6. The molecule has 2 aromatic carbocycles. The van der Waals surface area contributed by atoms with Gasteiger partial charge in [-0.25, -0.2) is 9.37 Å². The molecule has 1 aliphatic rings. The molecule has 34 heavy (non-hydrogen) atoms. The summed E-state index contributed by atoms with van der Waals surface area (Å²) < 4.78 is 21.5. The van der Waals surface area contributed by atoms with Crippen molar-refractivity contribution in [3.05, 3.63) is 102 Å². The Bertz CT molecular complexity index is 1270. The van der Waals surface area contributed by atoms with Crippen LogP contribution in [0.5, 0.6) is 0 Å². The van der Waals surface area contributed by atoms with E-state index in [9.17, 15) is 9.18 Å². The van der Waals surface area contributed by atoms with Crippen LogP contribution in [0, 0.1) is 5.82 Å². The summed E-state index contributed by atoms with van der Waals surface area (Å²) in [4.78, 5) is 18.8. The molecule has 4 aromatic rings. The molecule has 0 radical (unpaired) electrons. The number of benzene rings is 2. The van der Waals surface area contributed by atoms with Crippen LogP contribution in [0.3, 0.4) is 0 Å². The fraction of sp³-hybridized carbons (Fsp3) is 0.259. The normalized spacial score (nSPS) is 15.3. The lowest BCUT2D eigenvalue weighted by Crippen LogP contribution is -2.44. The van der Waals surface area contributed by atoms with Crippen LogP contribution in [0.4, 0.5) is 4.39 Å². The summed E-state index contributed by atoms with van der Waals surface area (Å²) in [5.74, 6) is 0.278. The predicted molar refractivity (Wildman–Crippen MR) is 132 cm³/mol. The summed E-state index contributed by atoms with van der Waals surface area (Å²) in [7, 11) is 0. The Morgan fingerprint density at radius 1 is 1.09 bits per heavy atom. The molecule has 0 unspecified atom stereocenters. The number of pyridine rings is 1. The molecule has 1 N–H and O–H groups in total. The van der Waals surface area contributed by atoms with E-state index in [1.165, 1.54) is 6.07 Å². The number of fused-ring (bicyclic) bond motifs is 1. The second-order valence-electron chi connectivity index (χ2n) is 8.57. The first-order chi connectivity index (χ1) is 16.6. The van der Waals surface area contributed by atoms with Gasteiger partial charge in [-0.15, -0.1) is 11.8 Å². The predicted octanol–water partition coefficient (Wildman–Crippen LogP) is 5.24. The van der Waals surface area contributed by atoms with Gasteiger partial charge in [0.15, 0.2) is 0 Å². The first-order valence-electron chi connectivity index (χ1n) is 11.4. The van der Waals surface area contributed by atoms with Gasteiger partial charge in [-0.05, 0) is 54.8 Å². The summed E-state index contributed by atoms with van der Waals surface area (Å²) in [6, 6.07) is 20.2. The molecule has 0 saturated carbocycles. The lowest BCUT2D eigenvalue weighted by Gasteiger charge is -2.38. The van der Waals surface area contributed by atoms with Crippen LogP contribution in [-0.2, 0) is 15.9 Å². The van der Waals surface area contributed by atoms with E-state index in [0.29, 0.717) is 31.1 Å². The molecule has 7 heteroatoms. The maximum Gasteiger partial charge on any atom is 0.252 e. The summed E-state index contributed by atoms with van der Waals surface area (Å²) in [5.41, 5.74) is 3.07. The van der Waals surface area contributed by atoms with Gasteiger partial charge < -0.3 is 14.5 Å². The lowest BCUT2D eigenvalue weighted by atomic mass is 9.74. The highest BCUT2D eigenvalue weighted by Gasteiger charge is 2.35. The van der Waals surface area contributed by atoms with Crippen LogP contribution in [0.15, 0.2) is 84.0 Å². The van der Waals surface area contributed by atoms with Gasteiger partial charge in [0.05, 0.1) is 11.3 Å². The Morgan fingerprint density at radius 2 is 1.91 bits per heavy atom. The minimum absolute atomic E-state index is 0.125. The van der Waals surface area contributed by atoms with E-state index in [2.05, 4.69) is 10.3 Å². The second kappa shape index (κ2) is 9.99. The molecule has 5 rings (SSSR count). The van der Waals surface area contributed by atoms with Gasteiger partial charge in [0.2, 0.25) is 0 Å². The fourth-order valence-electron chi connectivity index (χ4n) is 4.48. The van der Waals surface area contributed by atoms with Crippen LogP contribution in [0.1, 0.15) is 34.5 Å². The van der Waals surface area contributed by atoms with Gasteiger partial charge in [-0.2, -0.15) is 0 Å². The molecule has 1 amide bonds. The molecule has 1 fully saturated rings. The quantitative estimate of drug-likeness (QED) is 0.371. The number of aromatic nitrogens is 2. The average Bonchev–Trinajstić information content (AvgIpc) is 3.30. The molecule has 0 spiro atoms. The van der Waals surface area contributed by atoms with Crippen molar-refractivity contribution in [1.82, 2.24) is 14.7 Å². The van der Waals surface area contributed by atoms with Crippen LogP contribution in [0.2, 0.25) is 0 Å². The van der Waals surface area contributed by atoms with Crippen LogP contribution in [0.25, 0.3) is 5.65 Å². The largest absolute Gasteiger partial charge is 0.381 e. The highest BCUT2D eigenvalue weighted by molar-refractivity contribution is 7.98. The molecule has 174 valence electrons. The first-order valence-corrected chi connectivity index (χ1v) is 12.4. The van der Waals surface area contributed by atoms with Crippen molar-refractivity contribution in [3.63, 3.8) is 0 Å². The zero-order valence-electron chi connectivity index (χ0n) is 18.7. The van der Waals surface area contributed by atoms with Gasteiger partial charge in [0.1, 0.15) is 11.5 Å². The first kappa shape index (κ1) is 22.6. The summed E-state index contributed by atoms with van der Waals surface area (Å²) in [5, 5.41) is 3.14. The van der Waals surface area contributed by atoms with Crippen molar-refractivity contribution < 1.29 is 13.9 Å². The molecule has 1 aliphatic heterocycles. The molecule has 2 aromatic heterocycles. The number of carbonyl (C=O) groups is 1. The number of amides is 1. The van der Waals surface area contributed by atoms with E-state index in [0.717, 1.165) is 34.6 Å². The topological polar surface area (TPSA) is 55.6 Å². The Balaban J connectivity index is 1.30. The van der Waals surface area contributed by atoms with Crippen molar-refractivity contribution in [2.45, 2.75) is 28.9 Å². The third-order valence-electron chi connectivity index (χ3n) is 6.40. The van der Waals surface area contributed by atoms with Crippen molar-refractivity contribution >= 4 is 23.3 Å². The van der Waals surface area contributed by atoms with E-state index in [4.69, 9.17) is 4.74 Å². The van der Waals surface area contributed by atoms with Crippen LogP contribution >= 0.6 is 11.8 Å². The van der Waals surface area contributed by atoms with Crippen molar-refractivity contribution in [2.75, 3.05) is 19.8 Å². The third-order valence-corrected chi connectivity index (χ3v) is 7.50. The number of nitrogens with zero attached hydrogens (tertiary/aromatic N) is 2. The van der Waals surface area contributed by atoms with E-state index in [-0.39, 0.29) is 17.1 Å². The Hall–Kier alpha value is -3.16. The van der Waals surface area contributed by atoms with Gasteiger partial charge >= 0.3 is 0 Å². The van der Waals surface area contributed by atoms with E-state index in [1.807, 2.05) is 65.3 Å². The minimum Gasteiger partial charge on any atom is -0.381 e. The summed E-state index contributed by atoms with van der Waals surface area (Å²) >= 11 is 1.60. The Kier molecular flexibility index (Phi) is 6.65. The van der Waals surface area contributed by atoms with Gasteiger partial charge in [0.25, 0.3) is 5.91 Å². The third kappa shape index (κ3) is 4.86. The Labute approximate surface area is 202 Å². The Morgan fingerprint density at radius 3 is 2.74 bits per heavy atom. The number of carbonyl (C=O) groups excluding carboxylic acids is 1. The van der Waals surface area contributed by atoms with E-state index < -0.39 is 0 Å². The van der Waals surface area contributed by atoms with Crippen molar-refractivity contribution in [1.29, 1.82) is 0 Å². The molecule has 0 aliphatic carbocycles. The molecule has 0 bridgehead atoms. The van der Waals surface area contributed by atoms with E-state index >= 15 is 0 Å². The maximum atomic E-state index is 14.0. The number of nitrogens with one attached hydrogen (secondary N) is 1. The molecule has 5 nitrogen and oxygen atoms in total. The number of thioether (sulfide) groups is 1. The lowest BCUT2D eigenvalue weighted by molar-refractivity contribution is 0.0486. The number of hydrogen-bond acceptors (Lipinski definition) is 4. The van der Waals surface area contributed by atoms with E-state index in [1.54, 1.807) is 23.9 Å². The number of rotatable bonds is 7. The molecular formula is C27H26FN3O2S. The molecule has 0 atom stereocenters. The zero-order chi connectivity index (χ0) is 23.4. The van der Waals surface area contributed by atoms with Gasteiger partial charge in [0, 0.05) is 48.2 Å². The van der Waals surface area contributed by atoms with Gasteiger partial charge in [-0.1, -0.05) is 30.3 Å². The van der Waals surface area contributed by atoms with Crippen molar-refractivity contribution in [3.8, 4) is 0 Å². The molecular weight excluding hydrogens is 449 g/mol. The summed E-state index contributed by atoms with van der Waals surface area (Å²) in [6.45, 7) is 1.62. The second-order valence-corrected chi connectivity index (χ2v) is 9.59. The number of imidazole rings is 1. The summed E-state index contributed by atoms with van der Waals surface area (Å²) in [6.07, 6.45) is 5.46. The van der Waals surface area contributed by atoms with Gasteiger partial charge in [-0.3, -0.25) is 4.79 Å². The van der Waals surface area contributed by atoms with Crippen LogP contribution in [-0.4, -0.2) is 35.1 Å². The molecule has 3 heterocycles. The highest BCUT2D eigenvalue weighted by atomic mass is 32.2. The minimum atomic E-state index is -0.339. The fourth-order valence-corrected chi connectivity index (χ4v) is 5.41. The maximum absolute atomic E-state index is 14.0. The average molecular weight is 476 g/mol. The number of hydrogen-bond donors (Lipinski definition) is 1. The van der Waals surface area contributed by atoms with Crippen molar-refractivity contribution in [2.24, 2.45) is 0 Å². The number of ether oxygens (including phenoxy) is 1. The smallest absolute Gasteiger partial charge is 0.252 e. The SMILES string of the molecule is O=C(NCC1(c2cccc(F)c2)CCOCC1)c1ccccc1SCc1cn2ccccc2n1. The molecule has 1 saturated heterocycles. The number of halogens is 1. The monoisotopic (exact) mass is 475 g/mol. The standard InChI is InChI=1S/C27H26FN3O2S/c28-21-7-5-6-20(16-21)27(11-14-33-15-12-27)19-29-26(32)23-8-1-2-9-24(23)34-18-22-17-31-13-4-3-10-25(31)30-22/h1-10,13,16-17H,11-12,14-15,18-19H2,(H,29,32).